The van der Waals surface area contributed by atoms with Gasteiger partial charge in [-0.1, -0.05) is 30.3 Å². The maximum atomic E-state index is 14.2. The molecule has 0 saturated carbocycles. The molecule has 182 valence electrons. The van der Waals surface area contributed by atoms with Gasteiger partial charge in [-0.25, -0.2) is 4.39 Å². The van der Waals surface area contributed by atoms with E-state index in [1.54, 1.807) is 6.07 Å². The van der Waals surface area contributed by atoms with Crippen LogP contribution in [0.4, 0.5) is 10.1 Å². The van der Waals surface area contributed by atoms with E-state index in [1.807, 2.05) is 68.9 Å². The Kier molecular flexibility index (Phi) is 8.10. The number of benzene rings is 2. The van der Waals surface area contributed by atoms with Crippen LogP contribution in [0.5, 0.6) is 0 Å². The van der Waals surface area contributed by atoms with E-state index in [0.717, 1.165) is 28.8 Å². The summed E-state index contributed by atoms with van der Waals surface area (Å²) in [5.41, 5.74) is 4.46. The first kappa shape index (κ1) is 25.8. The zero-order valence-corrected chi connectivity index (χ0v) is 21.2. The minimum Gasteiger partial charge on any atom is -0.338 e. The number of piperidine rings is 1. The van der Waals surface area contributed by atoms with Crippen molar-refractivity contribution in [2.24, 2.45) is 11.8 Å². The van der Waals surface area contributed by atoms with Crippen LogP contribution < -0.4 is 4.90 Å². The lowest BCUT2D eigenvalue weighted by Gasteiger charge is -2.38. The maximum Gasteiger partial charge on any atom is 0.241 e. The first-order valence-corrected chi connectivity index (χ1v) is 11.4. The third-order valence-corrected chi connectivity index (χ3v) is 6.22. The summed E-state index contributed by atoms with van der Waals surface area (Å²) in [6, 6.07) is 10.9. The predicted octanol–water partition coefficient (Wildman–Crippen LogP) is 5.21. The van der Waals surface area contributed by atoms with Gasteiger partial charge in [0, 0.05) is 23.7 Å². The highest BCUT2D eigenvalue weighted by Crippen LogP contribution is 2.36. The molecule has 0 unspecified atom stereocenters. The molecule has 0 spiro atoms. The van der Waals surface area contributed by atoms with Gasteiger partial charge in [0.05, 0.1) is 6.54 Å². The van der Waals surface area contributed by atoms with Crippen LogP contribution in [-0.4, -0.2) is 41.6 Å². The van der Waals surface area contributed by atoms with Crippen molar-refractivity contribution in [1.29, 1.82) is 0 Å². The second-order valence-corrected chi connectivity index (χ2v) is 9.46. The lowest BCUT2D eigenvalue weighted by atomic mass is 9.84. The van der Waals surface area contributed by atoms with Gasteiger partial charge in [0.1, 0.15) is 5.82 Å². The molecule has 8 heteroatoms. The summed E-state index contributed by atoms with van der Waals surface area (Å²) in [5, 5.41) is 4.13. The number of hydrogen-bond donors (Lipinski definition) is 0. The van der Waals surface area contributed by atoms with Gasteiger partial charge in [-0.3, -0.25) is 4.79 Å². The van der Waals surface area contributed by atoms with Crippen LogP contribution in [0.3, 0.4) is 0 Å². The summed E-state index contributed by atoms with van der Waals surface area (Å²) < 4.78 is 19.6. The lowest BCUT2D eigenvalue weighted by Crippen LogP contribution is -2.46. The van der Waals surface area contributed by atoms with Crippen LogP contribution in [0.2, 0.25) is 0 Å². The Morgan fingerprint density at radius 1 is 1.18 bits per heavy atom. The van der Waals surface area contributed by atoms with E-state index in [-0.39, 0.29) is 36.0 Å². The molecule has 2 atom stereocenters. The Hall–Kier alpha value is -2.77. The van der Waals surface area contributed by atoms with Gasteiger partial charge in [0.25, 0.3) is 0 Å². The number of hydrogen-bond acceptors (Lipinski definition) is 5. The molecule has 1 fully saturated rings. The number of nitrogens with zero attached hydrogens (tertiary/aromatic N) is 4. The van der Waals surface area contributed by atoms with Gasteiger partial charge in [-0.2, -0.15) is 4.98 Å². The third kappa shape index (κ3) is 5.47. The smallest absolute Gasteiger partial charge is 0.241 e. The molecular formula is C26H32ClFN4O2. The molecule has 0 aliphatic carbocycles. The van der Waals surface area contributed by atoms with Crippen LogP contribution in [0, 0.1) is 31.5 Å². The first-order chi connectivity index (χ1) is 15.7. The van der Waals surface area contributed by atoms with Gasteiger partial charge in [0.2, 0.25) is 17.6 Å². The molecule has 1 aliphatic heterocycles. The molecule has 2 aromatic carbocycles. The van der Waals surface area contributed by atoms with Crippen molar-refractivity contribution in [2.45, 2.75) is 40.2 Å². The average molecular weight is 487 g/mol. The second-order valence-electron chi connectivity index (χ2n) is 9.46. The quantitative estimate of drug-likeness (QED) is 0.478. The molecule has 2 heterocycles. The van der Waals surface area contributed by atoms with Crippen molar-refractivity contribution in [3.8, 4) is 11.4 Å². The summed E-state index contributed by atoms with van der Waals surface area (Å²) in [7, 11) is 3.89. The fourth-order valence-electron chi connectivity index (χ4n) is 4.83. The molecule has 3 aromatic rings. The highest BCUT2D eigenvalue weighted by atomic mass is 35.5. The molecule has 1 saturated heterocycles. The minimum atomic E-state index is -0.181. The maximum absolute atomic E-state index is 14.2. The van der Waals surface area contributed by atoms with Gasteiger partial charge in [0.15, 0.2) is 0 Å². The SMILES string of the molecule is Cc1cc(-c2noc(CN(C)C)n2)cc(C)c1N1C[C@@H](Cc2ccccc2F)C[C@@H](C)C1=O.Cl. The van der Waals surface area contributed by atoms with Crippen LogP contribution in [-0.2, 0) is 17.8 Å². The zero-order valence-electron chi connectivity index (χ0n) is 20.3. The second kappa shape index (κ2) is 10.7. The molecule has 1 aliphatic rings. The molecule has 4 rings (SSSR count). The van der Waals surface area contributed by atoms with Crippen molar-refractivity contribution < 1.29 is 13.7 Å². The van der Waals surface area contributed by atoms with Crippen LogP contribution in [0.15, 0.2) is 40.9 Å². The molecule has 0 bridgehead atoms. The number of carbonyl (C=O) groups excluding carboxylic acids is 1. The Morgan fingerprint density at radius 2 is 1.85 bits per heavy atom. The monoisotopic (exact) mass is 486 g/mol. The van der Waals surface area contributed by atoms with Crippen molar-refractivity contribution in [3.05, 3.63) is 64.8 Å². The number of rotatable bonds is 6. The minimum absolute atomic E-state index is 0. The Labute approximate surface area is 206 Å². The van der Waals surface area contributed by atoms with E-state index < -0.39 is 0 Å². The van der Waals surface area contributed by atoms with Gasteiger partial charge in [-0.05, 0) is 81.6 Å². The fourth-order valence-corrected chi connectivity index (χ4v) is 4.83. The van der Waals surface area contributed by atoms with Gasteiger partial charge >= 0.3 is 0 Å². The third-order valence-electron chi connectivity index (χ3n) is 6.22. The van der Waals surface area contributed by atoms with Crippen LogP contribution >= 0.6 is 12.4 Å². The summed E-state index contributed by atoms with van der Waals surface area (Å²) >= 11 is 0. The number of aryl methyl sites for hydroxylation is 2. The molecule has 1 amide bonds. The summed E-state index contributed by atoms with van der Waals surface area (Å²) in [4.78, 5) is 21.5. The predicted molar refractivity (Wildman–Crippen MR) is 134 cm³/mol. The van der Waals surface area contributed by atoms with Crippen molar-refractivity contribution >= 4 is 24.0 Å². The van der Waals surface area contributed by atoms with E-state index in [2.05, 4.69) is 10.1 Å². The van der Waals surface area contributed by atoms with E-state index in [4.69, 9.17) is 4.52 Å². The molecule has 0 radical (unpaired) electrons. The Balaban J connectivity index is 0.00000324. The largest absolute Gasteiger partial charge is 0.338 e. The number of halogens is 2. The fraction of sp³-hybridized carbons (Fsp3) is 0.423. The van der Waals surface area contributed by atoms with Gasteiger partial charge < -0.3 is 14.3 Å². The van der Waals surface area contributed by atoms with Crippen LogP contribution in [0.1, 0.15) is 35.9 Å². The normalized spacial score (nSPS) is 18.3. The number of anilines is 1. The number of amides is 1. The van der Waals surface area contributed by atoms with E-state index in [0.29, 0.717) is 36.8 Å². The summed E-state index contributed by atoms with van der Waals surface area (Å²) in [6.07, 6.45) is 1.38. The van der Waals surface area contributed by atoms with Crippen molar-refractivity contribution in [3.63, 3.8) is 0 Å². The molecular weight excluding hydrogens is 455 g/mol. The molecule has 6 nitrogen and oxygen atoms in total. The van der Waals surface area contributed by atoms with E-state index >= 15 is 0 Å². The summed E-state index contributed by atoms with van der Waals surface area (Å²) in [6.45, 7) is 7.13. The zero-order chi connectivity index (χ0) is 23.7. The van der Waals surface area contributed by atoms with Crippen LogP contribution in [0.25, 0.3) is 11.4 Å². The van der Waals surface area contributed by atoms with E-state index in [9.17, 15) is 9.18 Å². The highest BCUT2D eigenvalue weighted by molar-refractivity contribution is 5.97. The summed E-state index contributed by atoms with van der Waals surface area (Å²) in [5.74, 6) is 1.12. The number of aromatic nitrogens is 2. The highest BCUT2D eigenvalue weighted by Gasteiger charge is 2.34. The lowest BCUT2D eigenvalue weighted by molar-refractivity contribution is -0.124. The van der Waals surface area contributed by atoms with Crippen molar-refractivity contribution in [2.75, 3.05) is 25.5 Å². The first-order valence-electron chi connectivity index (χ1n) is 11.4. The molecule has 0 N–H and O–H groups in total. The standard InChI is InChI=1S/C26H31FN4O2.ClH/c1-16-11-21(25-28-23(33-29-25)15-30(4)5)12-17(2)24(16)31-14-19(10-18(3)26(31)32)13-20-8-6-7-9-22(20)27;/h6-9,11-12,18-19H,10,13-15H2,1-5H3;1H/t18-,19-;/m1./s1. The molecule has 1 aromatic heterocycles. The number of carbonyl (C=O) groups is 1. The topological polar surface area (TPSA) is 62.5 Å². The van der Waals surface area contributed by atoms with Gasteiger partial charge in [-0.15, -0.1) is 12.4 Å². The Morgan fingerprint density at radius 3 is 2.50 bits per heavy atom. The Bertz CT molecular complexity index is 1140. The molecule has 34 heavy (non-hydrogen) atoms. The van der Waals surface area contributed by atoms with E-state index in [1.165, 1.54) is 6.07 Å². The van der Waals surface area contributed by atoms with Crippen molar-refractivity contribution in [1.82, 2.24) is 15.0 Å². The average Bonchev–Trinajstić information content (AvgIpc) is 3.20.